The molecule has 1 atom stereocenters. The predicted octanol–water partition coefficient (Wildman–Crippen LogP) is 4.84. The average molecular weight is 480 g/mol. The number of ketones is 1. The van der Waals surface area contributed by atoms with Crippen molar-refractivity contribution in [2.75, 3.05) is 20.3 Å². The van der Waals surface area contributed by atoms with Crippen LogP contribution in [0.3, 0.4) is 0 Å². The number of aliphatic hydroxyl groups is 2. The molecule has 3 aromatic rings. The van der Waals surface area contributed by atoms with Gasteiger partial charge in [-0.25, -0.2) is 9.37 Å². The Morgan fingerprint density at radius 2 is 1.89 bits per heavy atom. The summed E-state index contributed by atoms with van der Waals surface area (Å²) in [7, 11) is 1.54. The number of aromatic nitrogens is 1. The van der Waals surface area contributed by atoms with Crippen molar-refractivity contribution >= 4 is 5.78 Å². The molecule has 1 fully saturated rings. The number of carbonyl (C=O) groups excluding carboxylic acids is 1. The smallest absolute Gasteiger partial charge is 0.163 e. The summed E-state index contributed by atoms with van der Waals surface area (Å²) >= 11 is 0. The van der Waals surface area contributed by atoms with E-state index < -0.39 is 5.60 Å². The minimum atomic E-state index is -1.25. The molecule has 0 amide bonds. The molecule has 1 aromatic heterocycles. The zero-order valence-electron chi connectivity index (χ0n) is 20.0. The highest BCUT2D eigenvalue weighted by Gasteiger charge is 2.46. The number of carbonyl (C=O) groups is 1. The molecule has 1 saturated carbocycles. The maximum Gasteiger partial charge on any atom is 0.163 e. The number of Topliss-reactive ketones (excluding diaryl/α,β-unsaturated/α-hetero) is 1. The van der Waals surface area contributed by atoms with Crippen molar-refractivity contribution in [3.8, 4) is 22.8 Å². The molecular formula is C28H30FNO5. The Morgan fingerprint density at radius 1 is 1.14 bits per heavy atom. The molecule has 4 rings (SSSR count). The van der Waals surface area contributed by atoms with Gasteiger partial charge in [-0.2, -0.15) is 0 Å². The number of hydrogen-bond acceptors (Lipinski definition) is 6. The lowest BCUT2D eigenvalue weighted by Gasteiger charge is -2.28. The van der Waals surface area contributed by atoms with Crippen LogP contribution in [0.1, 0.15) is 47.3 Å². The van der Waals surface area contributed by atoms with E-state index in [4.69, 9.17) is 19.6 Å². The van der Waals surface area contributed by atoms with Gasteiger partial charge in [-0.05, 0) is 92.3 Å². The number of aryl methyl sites for hydroxylation is 1. The quantitative estimate of drug-likeness (QED) is 0.383. The van der Waals surface area contributed by atoms with Crippen LogP contribution in [0.4, 0.5) is 4.39 Å². The fraction of sp³-hybridized carbons (Fsp3) is 0.357. The molecular weight excluding hydrogens is 449 g/mol. The van der Waals surface area contributed by atoms with Gasteiger partial charge < -0.3 is 19.7 Å². The lowest BCUT2D eigenvalue weighted by molar-refractivity contribution is -0.00110. The minimum Gasteiger partial charge on any atom is -0.494 e. The van der Waals surface area contributed by atoms with Gasteiger partial charge in [-0.3, -0.25) is 4.79 Å². The number of methoxy groups -OCH3 is 1. The topological polar surface area (TPSA) is 88.9 Å². The summed E-state index contributed by atoms with van der Waals surface area (Å²) in [5.41, 5.74) is 1.48. The Balaban J connectivity index is 1.57. The van der Waals surface area contributed by atoms with Crippen LogP contribution in [-0.2, 0) is 5.60 Å². The van der Waals surface area contributed by atoms with Crippen LogP contribution < -0.4 is 9.47 Å². The molecule has 1 heterocycles. The highest BCUT2D eigenvalue weighted by molar-refractivity contribution is 5.96. The molecule has 2 aromatic carbocycles. The van der Waals surface area contributed by atoms with Crippen LogP contribution in [0.25, 0.3) is 11.3 Å². The molecule has 0 bridgehead atoms. The molecule has 184 valence electrons. The van der Waals surface area contributed by atoms with Gasteiger partial charge in [0.2, 0.25) is 0 Å². The van der Waals surface area contributed by atoms with Crippen LogP contribution in [-0.4, -0.2) is 41.3 Å². The number of benzene rings is 2. The zero-order chi connectivity index (χ0) is 25.0. The third-order valence-electron chi connectivity index (χ3n) is 6.48. The van der Waals surface area contributed by atoms with Crippen molar-refractivity contribution < 1.29 is 28.9 Å². The number of rotatable bonds is 11. The Morgan fingerprint density at radius 3 is 2.51 bits per heavy atom. The van der Waals surface area contributed by atoms with Gasteiger partial charge in [0.25, 0.3) is 0 Å². The van der Waals surface area contributed by atoms with Gasteiger partial charge in [0.15, 0.2) is 5.78 Å². The number of ether oxygens (including phenoxy) is 2. The number of pyridine rings is 1. The van der Waals surface area contributed by atoms with E-state index in [1.165, 1.54) is 6.07 Å². The first kappa shape index (κ1) is 24.8. The highest BCUT2D eigenvalue weighted by atomic mass is 19.1. The first-order valence-corrected chi connectivity index (χ1v) is 11.8. The van der Waals surface area contributed by atoms with Gasteiger partial charge in [-0.1, -0.05) is 0 Å². The summed E-state index contributed by atoms with van der Waals surface area (Å²) in [6, 6.07) is 15.0. The number of aliphatic hydroxyl groups excluding tert-OH is 1. The van der Waals surface area contributed by atoms with Crippen LogP contribution >= 0.6 is 0 Å². The van der Waals surface area contributed by atoms with Crippen molar-refractivity contribution in [1.82, 2.24) is 4.98 Å². The maximum absolute atomic E-state index is 13.8. The molecule has 1 aliphatic carbocycles. The van der Waals surface area contributed by atoms with Crippen molar-refractivity contribution in [3.63, 3.8) is 0 Å². The van der Waals surface area contributed by atoms with Crippen molar-refractivity contribution in [2.45, 2.75) is 38.2 Å². The van der Waals surface area contributed by atoms with Gasteiger partial charge >= 0.3 is 0 Å². The van der Waals surface area contributed by atoms with E-state index in [0.29, 0.717) is 39.6 Å². The Kier molecular flexibility index (Phi) is 7.48. The Bertz CT molecular complexity index is 1190. The predicted molar refractivity (Wildman–Crippen MR) is 130 cm³/mol. The van der Waals surface area contributed by atoms with E-state index >= 15 is 0 Å². The molecule has 0 spiro atoms. The van der Waals surface area contributed by atoms with Gasteiger partial charge in [0.1, 0.15) is 35.2 Å². The monoisotopic (exact) mass is 479 g/mol. The Labute approximate surface area is 204 Å². The molecule has 1 aliphatic rings. The van der Waals surface area contributed by atoms with E-state index in [-0.39, 0.29) is 43.6 Å². The molecule has 7 heteroatoms. The van der Waals surface area contributed by atoms with E-state index in [1.54, 1.807) is 62.6 Å². The fourth-order valence-corrected chi connectivity index (χ4v) is 4.30. The lowest BCUT2D eigenvalue weighted by atomic mass is 9.86. The Hall–Kier alpha value is -3.29. The van der Waals surface area contributed by atoms with E-state index in [1.807, 2.05) is 0 Å². The summed E-state index contributed by atoms with van der Waals surface area (Å²) in [5.74, 6) is 0.743. The third kappa shape index (κ3) is 5.52. The maximum atomic E-state index is 13.8. The van der Waals surface area contributed by atoms with Crippen molar-refractivity contribution in [1.29, 1.82) is 0 Å². The first-order chi connectivity index (χ1) is 16.9. The molecule has 0 saturated heterocycles. The van der Waals surface area contributed by atoms with Gasteiger partial charge in [0, 0.05) is 17.5 Å². The second kappa shape index (κ2) is 10.5. The van der Waals surface area contributed by atoms with E-state index in [9.17, 15) is 14.3 Å². The third-order valence-corrected chi connectivity index (χ3v) is 6.48. The molecule has 0 aliphatic heterocycles. The summed E-state index contributed by atoms with van der Waals surface area (Å²) in [4.78, 5) is 17.6. The van der Waals surface area contributed by atoms with Gasteiger partial charge in [-0.15, -0.1) is 0 Å². The molecule has 2 N–H and O–H groups in total. The number of halogens is 1. The largest absolute Gasteiger partial charge is 0.494 e. The fourth-order valence-electron chi connectivity index (χ4n) is 4.30. The first-order valence-electron chi connectivity index (χ1n) is 11.8. The second-order valence-electron chi connectivity index (χ2n) is 8.93. The summed E-state index contributed by atoms with van der Waals surface area (Å²) < 4.78 is 24.7. The molecule has 1 unspecified atom stereocenters. The lowest BCUT2D eigenvalue weighted by Crippen LogP contribution is -2.30. The summed E-state index contributed by atoms with van der Waals surface area (Å²) in [6.45, 7) is 1.80. The number of hydrogen-bond donors (Lipinski definition) is 2. The standard InChI is InChI=1S/C28H30FNO5/c1-18-17-20(5-10-23(18)29)27-25(34-2)11-12-26(30-27)28(33,21-6-7-21)14-13-24(32)19-3-8-22(9-4-19)35-16-15-31/h3-5,8-12,17,21,31,33H,6-7,13-16H2,1-2H3. The van der Waals surface area contributed by atoms with Crippen molar-refractivity contribution in [2.24, 2.45) is 5.92 Å². The SMILES string of the molecule is COc1ccc(C(O)(CCC(=O)c2ccc(OCCO)cc2)C2CC2)nc1-c1ccc(F)c(C)c1. The van der Waals surface area contributed by atoms with Crippen LogP contribution in [0.5, 0.6) is 11.5 Å². The van der Waals surface area contributed by atoms with E-state index in [0.717, 1.165) is 12.8 Å². The van der Waals surface area contributed by atoms with Crippen LogP contribution in [0, 0.1) is 18.7 Å². The molecule has 6 nitrogen and oxygen atoms in total. The van der Waals surface area contributed by atoms with Crippen LogP contribution in [0.15, 0.2) is 54.6 Å². The van der Waals surface area contributed by atoms with Crippen molar-refractivity contribution in [3.05, 3.63) is 77.2 Å². The van der Waals surface area contributed by atoms with Crippen LogP contribution in [0.2, 0.25) is 0 Å². The second-order valence-corrected chi connectivity index (χ2v) is 8.93. The molecule has 0 radical (unpaired) electrons. The number of nitrogens with zero attached hydrogens (tertiary/aromatic N) is 1. The normalized spacial score (nSPS) is 14.9. The average Bonchev–Trinajstić information content (AvgIpc) is 3.73. The molecule has 35 heavy (non-hydrogen) atoms. The highest BCUT2D eigenvalue weighted by Crippen LogP contribution is 2.48. The van der Waals surface area contributed by atoms with Gasteiger partial charge in [0.05, 0.1) is 19.4 Å². The summed E-state index contributed by atoms with van der Waals surface area (Å²) in [6.07, 6.45) is 2.11. The van der Waals surface area contributed by atoms with E-state index in [2.05, 4.69) is 0 Å². The summed E-state index contributed by atoms with van der Waals surface area (Å²) in [5, 5.41) is 20.6. The zero-order valence-corrected chi connectivity index (χ0v) is 20.0. The minimum absolute atomic E-state index is 0.0215.